The van der Waals surface area contributed by atoms with E-state index in [1.54, 1.807) is 24.4 Å². The van der Waals surface area contributed by atoms with Gasteiger partial charge in [-0.05, 0) is 24.3 Å². The van der Waals surface area contributed by atoms with Gasteiger partial charge in [0.1, 0.15) is 5.69 Å². The molecule has 0 unspecified atom stereocenters. The van der Waals surface area contributed by atoms with E-state index in [9.17, 15) is 4.79 Å². The lowest BCUT2D eigenvalue weighted by molar-refractivity contribution is 0.103. The van der Waals surface area contributed by atoms with Crippen LogP contribution in [0.15, 0.2) is 60.8 Å². The minimum Gasteiger partial charge on any atom is -0.287 e. The van der Waals surface area contributed by atoms with E-state index in [-0.39, 0.29) is 5.78 Å². The second kappa shape index (κ2) is 4.37. The van der Waals surface area contributed by atoms with Gasteiger partial charge < -0.3 is 0 Å². The van der Waals surface area contributed by atoms with Gasteiger partial charge in [0.2, 0.25) is 5.78 Å². The molecule has 2 heterocycles. The molecule has 0 saturated carbocycles. The van der Waals surface area contributed by atoms with Gasteiger partial charge in [-0.3, -0.25) is 9.78 Å². The predicted molar refractivity (Wildman–Crippen MR) is 69.4 cm³/mol. The number of ketones is 1. The van der Waals surface area contributed by atoms with E-state index < -0.39 is 0 Å². The first kappa shape index (κ1) is 10.6. The molecule has 2 aromatic heterocycles. The standard InChI is InChI=1S/C15H10N2O/c18-15(11-5-2-1-3-6-11)14-9-8-12-13(17-14)7-4-10-16-12/h1-10H. The summed E-state index contributed by atoms with van der Waals surface area (Å²) < 4.78 is 0. The third-order valence-corrected chi connectivity index (χ3v) is 2.72. The molecule has 3 aromatic rings. The van der Waals surface area contributed by atoms with Crippen LogP contribution < -0.4 is 0 Å². The summed E-state index contributed by atoms with van der Waals surface area (Å²) in [5, 5.41) is 0. The Kier molecular flexibility index (Phi) is 2.57. The highest BCUT2D eigenvalue weighted by Gasteiger charge is 2.10. The van der Waals surface area contributed by atoms with Gasteiger partial charge in [-0.1, -0.05) is 30.3 Å². The number of fused-ring (bicyclic) bond motifs is 1. The quantitative estimate of drug-likeness (QED) is 0.640. The number of carbonyl (C=O) groups excluding carboxylic acids is 1. The van der Waals surface area contributed by atoms with Crippen molar-refractivity contribution in [2.75, 3.05) is 0 Å². The average molecular weight is 234 g/mol. The Balaban J connectivity index is 2.07. The summed E-state index contributed by atoms with van der Waals surface area (Å²) in [6.45, 7) is 0. The maximum absolute atomic E-state index is 12.2. The lowest BCUT2D eigenvalue weighted by atomic mass is 10.1. The number of aromatic nitrogens is 2. The number of rotatable bonds is 2. The molecule has 0 atom stereocenters. The van der Waals surface area contributed by atoms with Gasteiger partial charge in [-0.15, -0.1) is 0 Å². The molecule has 0 spiro atoms. The molecule has 0 saturated heterocycles. The molecule has 0 aliphatic carbocycles. The number of pyridine rings is 2. The van der Waals surface area contributed by atoms with Crippen molar-refractivity contribution in [3.05, 3.63) is 72.1 Å². The Bertz CT molecular complexity index is 708. The topological polar surface area (TPSA) is 42.9 Å². The summed E-state index contributed by atoms with van der Waals surface area (Å²) in [5.74, 6) is -0.0682. The van der Waals surface area contributed by atoms with Crippen molar-refractivity contribution in [3.8, 4) is 0 Å². The van der Waals surface area contributed by atoms with Gasteiger partial charge in [0.05, 0.1) is 11.0 Å². The predicted octanol–water partition coefficient (Wildman–Crippen LogP) is 2.86. The summed E-state index contributed by atoms with van der Waals surface area (Å²) >= 11 is 0. The van der Waals surface area contributed by atoms with Crippen molar-refractivity contribution in [1.82, 2.24) is 9.97 Å². The molecule has 3 nitrogen and oxygen atoms in total. The Morgan fingerprint density at radius 2 is 1.67 bits per heavy atom. The van der Waals surface area contributed by atoms with E-state index in [0.717, 1.165) is 11.0 Å². The Morgan fingerprint density at radius 3 is 2.50 bits per heavy atom. The molecule has 3 rings (SSSR count). The highest BCUT2D eigenvalue weighted by Crippen LogP contribution is 2.12. The van der Waals surface area contributed by atoms with Crippen molar-refractivity contribution < 1.29 is 4.79 Å². The van der Waals surface area contributed by atoms with Crippen molar-refractivity contribution in [2.45, 2.75) is 0 Å². The molecule has 0 radical (unpaired) electrons. The van der Waals surface area contributed by atoms with Gasteiger partial charge in [0, 0.05) is 11.8 Å². The SMILES string of the molecule is O=C(c1ccccc1)c1ccc2ncccc2n1. The summed E-state index contributed by atoms with van der Waals surface area (Å²) in [7, 11) is 0. The van der Waals surface area contributed by atoms with Crippen LogP contribution in [0.4, 0.5) is 0 Å². The van der Waals surface area contributed by atoms with Crippen LogP contribution in [-0.2, 0) is 0 Å². The zero-order valence-corrected chi connectivity index (χ0v) is 9.58. The van der Waals surface area contributed by atoms with E-state index >= 15 is 0 Å². The summed E-state index contributed by atoms with van der Waals surface area (Å²) in [5.41, 5.74) is 2.62. The number of nitrogens with zero attached hydrogens (tertiary/aromatic N) is 2. The highest BCUT2D eigenvalue weighted by atomic mass is 16.1. The molecule has 0 N–H and O–H groups in total. The van der Waals surface area contributed by atoms with Crippen molar-refractivity contribution in [3.63, 3.8) is 0 Å². The van der Waals surface area contributed by atoms with Crippen LogP contribution in [0, 0.1) is 0 Å². The van der Waals surface area contributed by atoms with Gasteiger partial charge in [0.25, 0.3) is 0 Å². The van der Waals surface area contributed by atoms with Gasteiger partial charge >= 0.3 is 0 Å². The van der Waals surface area contributed by atoms with Crippen LogP contribution in [0.1, 0.15) is 16.1 Å². The molecule has 0 amide bonds. The smallest absolute Gasteiger partial charge is 0.211 e. The van der Waals surface area contributed by atoms with E-state index in [0.29, 0.717) is 11.3 Å². The van der Waals surface area contributed by atoms with Crippen LogP contribution in [0.5, 0.6) is 0 Å². The molecular formula is C15H10N2O. The van der Waals surface area contributed by atoms with Crippen molar-refractivity contribution in [2.24, 2.45) is 0 Å². The minimum absolute atomic E-state index is 0.0682. The van der Waals surface area contributed by atoms with E-state index in [1.165, 1.54) is 0 Å². The van der Waals surface area contributed by atoms with Gasteiger partial charge in [-0.25, -0.2) is 4.98 Å². The van der Waals surface area contributed by atoms with E-state index in [4.69, 9.17) is 0 Å². The molecule has 0 aliphatic rings. The number of carbonyl (C=O) groups is 1. The highest BCUT2D eigenvalue weighted by molar-refractivity contribution is 6.08. The van der Waals surface area contributed by atoms with Crippen LogP contribution in [-0.4, -0.2) is 15.8 Å². The van der Waals surface area contributed by atoms with Crippen molar-refractivity contribution in [1.29, 1.82) is 0 Å². The fraction of sp³-hybridized carbons (Fsp3) is 0. The normalized spacial score (nSPS) is 10.4. The van der Waals surface area contributed by atoms with Gasteiger partial charge in [0.15, 0.2) is 0 Å². The third-order valence-electron chi connectivity index (χ3n) is 2.72. The lowest BCUT2D eigenvalue weighted by Crippen LogP contribution is -2.03. The molecule has 1 aromatic carbocycles. The summed E-state index contributed by atoms with van der Waals surface area (Å²) in [4.78, 5) is 20.7. The maximum Gasteiger partial charge on any atom is 0.211 e. The minimum atomic E-state index is -0.0682. The van der Waals surface area contributed by atoms with E-state index in [1.807, 2.05) is 36.4 Å². The Hall–Kier alpha value is -2.55. The fourth-order valence-electron chi connectivity index (χ4n) is 1.82. The molecular weight excluding hydrogens is 224 g/mol. The monoisotopic (exact) mass is 234 g/mol. The lowest BCUT2D eigenvalue weighted by Gasteiger charge is -2.01. The van der Waals surface area contributed by atoms with Crippen LogP contribution in [0.25, 0.3) is 11.0 Å². The fourth-order valence-corrected chi connectivity index (χ4v) is 1.82. The van der Waals surface area contributed by atoms with Crippen molar-refractivity contribution >= 4 is 16.8 Å². The molecule has 0 aliphatic heterocycles. The number of hydrogen-bond donors (Lipinski definition) is 0. The molecule has 86 valence electrons. The van der Waals surface area contributed by atoms with Crippen LogP contribution in [0.2, 0.25) is 0 Å². The largest absolute Gasteiger partial charge is 0.287 e. The second-order valence-electron chi connectivity index (χ2n) is 3.93. The van der Waals surface area contributed by atoms with E-state index in [2.05, 4.69) is 9.97 Å². The number of hydrogen-bond acceptors (Lipinski definition) is 3. The molecule has 18 heavy (non-hydrogen) atoms. The zero-order valence-electron chi connectivity index (χ0n) is 9.58. The first-order chi connectivity index (χ1) is 8.84. The second-order valence-corrected chi connectivity index (χ2v) is 3.93. The summed E-state index contributed by atoms with van der Waals surface area (Å²) in [6.07, 6.45) is 1.71. The summed E-state index contributed by atoms with van der Waals surface area (Å²) in [6, 6.07) is 16.3. The molecule has 0 fully saturated rings. The first-order valence-corrected chi connectivity index (χ1v) is 5.66. The Morgan fingerprint density at radius 1 is 0.833 bits per heavy atom. The van der Waals surface area contributed by atoms with Gasteiger partial charge in [-0.2, -0.15) is 0 Å². The van der Waals surface area contributed by atoms with Crippen LogP contribution >= 0.6 is 0 Å². The zero-order chi connectivity index (χ0) is 12.4. The molecule has 3 heteroatoms. The number of benzene rings is 1. The molecule has 0 bridgehead atoms. The maximum atomic E-state index is 12.2. The Labute approximate surface area is 104 Å². The average Bonchev–Trinajstić information content (AvgIpc) is 2.47. The third kappa shape index (κ3) is 1.86. The first-order valence-electron chi connectivity index (χ1n) is 5.66. The van der Waals surface area contributed by atoms with Crippen LogP contribution in [0.3, 0.4) is 0 Å².